The first kappa shape index (κ1) is 22.8. The summed E-state index contributed by atoms with van der Waals surface area (Å²) in [6, 6.07) is 15.4. The van der Waals surface area contributed by atoms with Crippen molar-refractivity contribution >= 4 is 29.0 Å². The van der Waals surface area contributed by atoms with Crippen molar-refractivity contribution in [2.24, 2.45) is 0 Å². The van der Waals surface area contributed by atoms with Crippen LogP contribution in [0.3, 0.4) is 0 Å². The lowest BCUT2D eigenvalue weighted by atomic mass is 9.96. The van der Waals surface area contributed by atoms with Crippen LogP contribution in [0.4, 0.5) is 10.1 Å². The summed E-state index contributed by atoms with van der Waals surface area (Å²) in [6.45, 7) is 8.52. The Balaban J connectivity index is 0.00000272. The first-order valence-corrected chi connectivity index (χ1v) is 10.3. The monoisotopic (exact) mass is 437 g/mol. The minimum Gasteiger partial charge on any atom is -0.366 e. The molecule has 5 heteroatoms. The van der Waals surface area contributed by atoms with Gasteiger partial charge in [0.25, 0.3) is 0 Å². The smallest absolute Gasteiger partial charge is 0.123 e. The molecular formula is C26H29ClFN3. The molecule has 162 valence electrons. The molecule has 0 aliphatic rings. The third-order valence-corrected chi connectivity index (χ3v) is 6.28. The van der Waals surface area contributed by atoms with E-state index >= 15 is 0 Å². The van der Waals surface area contributed by atoms with Crippen molar-refractivity contribution < 1.29 is 4.39 Å². The third kappa shape index (κ3) is 4.45. The number of pyridine rings is 1. The van der Waals surface area contributed by atoms with Crippen molar-refractivity contribution in [3.05, 3.63) is 94.2 Å². The van der Waals surface area contributed by atoms with Gasteiger partial charge < -0.3 is 9.88 Å². The predicted molar refractivity (Wildman–Crippen MR) is 130 cm³/mol. The normalized spacial score (nSPS) is 11.9. The Morgan fingerprint density at radius 1 is 0.968 bits per heavy atom. The summed E-state index contributed by atoms with van der Waals surface area (Å²) in [7, 11) is 2.06. The van der Waals surface area contributed by atoms with Crippen molar-refractivity contribution in [1.29, 1.82) is 0 Å². The van der Waals surface area contributed by atoms with Gasteiger partial charge in [-0.05, 0) is 86.7 Å². The Bertz CT molecular complexity index is 1200. The van der Waals surface area contributed by atoms with Gasteiger partial charge >= 0.3 is 0 Å². The molecule has 1 N–H and O–H groups in total. The molecule has 0 radical (unpaired) electrons. The molecule has 4 aromatic rings. The van der Waals surface area contributed by atoms with Gasteiger partial charge in [-0.3, -0.25) is 4.98 Å². The Morgan fingerprint density at radius 3 is 2.35 bits per heavy atom. The van der Waals surface area contributed by atoms with E-state index in [1.807, 2.05) is 18.3 Å². The third-order valence-electron chi connectivity index (χ3n) is 6.28. The SMILES string of the molecule is Cc1ccc(CC(c2nccc3c(C)c(C)[nH]c23)N(C)c2ccc(F)cc2)cc1C.Cl. The molecule has 1 atom stereocenters. The molecular weight excluding hydrogens is 409 g/mol. The number of benzene rings is 2. The lowest BCUT2D eigenvalue weighted by Gasteiger charge is -2.30. The number of likely N-dealkylation sites (N-methyl/N-ethyl adjacent to an activating group) is 1. The summed E-state index contributed by atoms with van der Waals surface area (Å²) in [5.74, 6) is -0.228. The number of anilines is 1. The number of H-pyrrole nitrogens is 1. The van der Waals surface area contributed by atoms with Crippen molar-refractivity contribution in [3.8, 4) is 0 Å². The van der Waals surface area contributed by atoms with Gasteiger partial charge in [-0.2, -0.15) is 0 Å². The Morgan fingerprint density at radius 2 is 1.68 bits per heavy atom. The summed E-state index contributed by atoms with van der Waals surface area (Å²) < 4.78 is 13.5. The molecule has 0 amide bonds. The molecule has 0 aliphatic heterocycles. The summed E-state index contributed by atoms with van der Waals surface area (Å²) in [4.78, 5) is 10.6. The maximum absolute atomic E-state index is 13.5. The van der Waals surface area contributed by atoms with Crippen LogP contribution in [0.1, 0.15) is 39.7 Å². The van der Waals surface area contributed by atoms with Crippen molar-refractivity contribution in [2.75, 3.05) is 11.9 Å². The molecule has 1 unspecified atom stereocenters. The van der Waals surface area contributed by atoms with Crippen LogP contribution in [-0.2, 0) is 6.42 Å². The fraction of sp³-hybridized carbons (Fsp3) is 0.269. The zero-order valence-electron chi connectivity index (χ0n) is 18.7. The van der Waals surface area contributed by atoms with E-state index in [0.29, 0.717) is 0 Å². The minimum absolute atomic E-state index is 0. The number of aromatic nitrogens is 2. The molecule has 2 aromatic carbocycles. The van der Waals surface area contributed by atoms with Gasteiger partial charge in [-0.15, -0.1) is 12.4 Å². The zero-order valence-corrected chi connectivity index (χ0v) is 19.5. The summed E-state index contributed by atoms with van der Waals surface area (Å²) in [6.07, 6.45) is 2.70. The van der Waals surface area contributed by atoms with Crippen LogP contribution in [0, 0.1) is 33.5 Å². The molecule has 0 spiro atoms. The van der Waals surface area contributed by atoms with Crippen molar-refractivity contribution in [3.63, 3.8) is 0 Å². The first-order chi connectivity index (χ1) is 14.3. The molecule has 0 bridgehead atoms. The van der Waals surface area contributed by atoms with Crippen LogP contribution in [0.2, 0.25) is 0 Å². The van der Waals surface area contributed by atoms with E-state index in [0.717, 1.165) is 29.0 Å². The summed E-state index contributed by atoms with van der Waals surface area (Å²) >= 11 is 0. The number of hydrogen-bond acceptors (Lipinski definition) is 2. The lowest BCUT2D eigenvalue weighted by Crippen LogP contribution is -2.27. The zero-order chi connectivity index (χ0) is 21.4. The molecule has 3 nitrogen and oxygen atoms in total. The molecule has 0 fully saturated rings. The fourth-order valence-electron chi connectivity index (χ4n) is 4.08. The number of aromatic amines is 1. The second-order valence-corrected chi connectivity index (χ2v) is 8.22. The fourth-order valence-corrected chi connectivity index (χ4v) is 4.08. The highest BCUT2D eigenvalue weighted by atomic mass is 35.5. The van der Waals surface area contributed by atoms with E-state index in [1.165, 1.54) is 39.8 Å². The van der Waals surface area contributed by atoms with Gasteiger partial charge in [-0.1, -0.05) is 18.2 Å². The van der Waals surface area contributed by atoms with Gasteiger partial charge in [0.15, 0.2) is 0 Å². The van der Waals surface area contributed by atoms with Crippen LogP contribution in [0.25, 0.3) is 10.9 Å². The second-order valence-electron chi connectivity index (χ2n) is 8.22. The lowest BCUT2D eigenvalue weighted by molar-refractivity contribution is 0.624. The highest BCUT2D eigenvalue weighted by Gasteiger charge is 2.24. The van der Waals surface area contributed by atoms with E-state index in [4.69, 9.17) is 4.98 Å². The number of nitrogens with one attached hydrogen (secondary N) is 1. The molecule has 4 rings (SSSR count). The van der Waals surface area contributed by atoms with E-state index in [2.05, 4.69) is 68.9 Å². The van der Waals surface area contributed by atoms with Crippen LogP contribution < -0.4 is 4.90 Å². The van der Waals surface area contributed by atoms with Gasteiger partial charge in [0.05, 0.1) is 17.3 Å². The maximum atomic E-state index is 13.5. The first-order valence-electron chi connectivity index (χ1n) is 10.3. The number of hydrogen-bond donors (Lipinski definition) is 1. The van der Waals surface area contributed by atoms with Gasteiger partial charge in [-0.25, -0.2) is 4.39 Å². The molecule has 31 heavy (non-hydrogen) atoms. The maximum Gasteiger partial charge on any atom is 0.123 e. The van der Waals surface area contributed by atoms with Crippen LogP contribution in [-0.4, -0.2) is 17.0 Å². The van der Waals surface area contributed by atoms with E-state index in [1.54, 1.807) is 0 Å². The average molecular weight is 438 g/mol. The largest absolute Gasteiger partial charge is 0.366 e. The Kier molecular flexibility index (Phi) is 6.71. The number of rotatable bonds is 5. The predicted octanol–water partition coefficient (Wildman–Crippen LogP) is 6.78. The molecule has 0 saturated carbocycles. The number of aryl methyl sites for hydroxylation is 4. The van der Waals surface area contributed by atoms with Gasteiger partial charge in [0.2, 0.25) is 0 Å². The quantitative estimate of drug-likeness (QED) is 0.373. The van der Waals surface area contributed by atoms with Gasteiger partial charge in [0, 0.05) is 30.0 Å². The van der Waals surface area contributed by atoms with E-state index in [9.17, 15) is 4.39 Å². The van der Waals surface area contributed by atoms with Crippen molar-refractivity contribution in [1.82, 2.24) is 9.97 Å². The number of nitrogens with zero attached hydrogens (tertiary/aromatic N) is 2. The topological polar surface area (TPSA) is 31.9 Å². The highest BCUT2D eigenvalue weighted by molar-refractivity contribution is 5.86. The van der Waals surface area contributed by atoms with Crippen LogP contribution in [0.15, 0.2) is 54.7 Å². The minimum atomic E-state index is -0.228. The second kappa shape index (κ2) is 9.11. The highest BCUT2D eigenvalue weighted by Crippen LogP contribution is 2.33. The summed E-state index contributed by atoms with van der Waals surface area (Å²) in [5, 5.41) is 1.20. The summed E-state index contributed by atoms with van der Waals surface area (Å²) in [5.41, 5.74) is 9.30. The molecule has 0 aliphatic carbocycles. The van der Waals surface area contributed by atoms with Crippen LogP contribution >= 0.6 is 12.4 Å². The van der Waals surface area contributed by atoms with Crippen molar-refractivity contribution in [2.45, 2.75) is 40.2 Å². The molecule has 0 saturated heterocycles. The van der Waals surface area contributed by atoms with Gasteiger partial charge in [0.1, 0.15) is 5.82 Å². The number of fused-ring (bicyclic) bond motifs is 1. The van der Waals surface area contributed by atoms with E-state index in [-0.39, 0.29) is 24.3 Å². The van der Waals surface area contributed by atoms with E-state index < -0.39 is 0 Å². The Labute approximate surface area is 189 Å². The Hall–Kier alpha value is -2.85. The van der Waals surface area contributed by atoms with Crippen LogP contribution in [0.5, 0.6) is 0 Å². The molecule has 2 aromatic heterocycles. The number of halogens is 2. The standard InChI is InChI=1S/C26H28FN3.ClH/c1-16-6-7-20(14-17(16)2)15-24(30(5)22-10-8-21(27)9-11-22)26-25-23(12-13-28-26)18(3)19(4)29-25;/h6-14,24,29H,15H2,1-5H3;1H. The molecule has 2 heterocycles. The average Bonchev–Trinajstić information content (AvgIpc) is 3.03.